The standard InChI is InChI=1S/C17H22N2O7S/c1-25-14-5-2-11(8-15(14)27(23,24)18-12-3-4-12)17(22)19-6-7-26-10-13(19)9-16(20)21/h2,5,8,12-13,18H,3-4,6-7,9-10H2,1H3,(H,20,21). The molecule has 3 rings (SSSR count). The summed E-state index contributed by atoms with van der Waals surface area (Å²) < 4.78 is 38.2. The van der Waals surface area contributed by atoms with Gasteiger partial charge in [-0.25, -0.2) is 13.1 Å². The molecule has 1 aromatic rings. The van der Waals surface area contributed by atoms with Gasteiger partial charge in [-0.15, -0.1) is 0 Å². The fourth-order valence-electron chi connectivity index (χ4n) is 2.96. The third kappa shape index (κ3) is 4.57. The second kappa shape index (κ2) is 7.83. The van der Waals surface area contributed by atoms with Crippen LogP contribution in [0.25, 0.3) is 0 Å². The SMILES string of the molecule is COc1ccc(C(=O)N2CCOCC2CC(=O)O)cc1S(=O)(=O)NC1CC1. The molecule has 2 aliphatic rings. The normalized spacial score (nSPS) is 20.3. The molecule has 2 N–H and O–H groups in total. The fourth-order valence-corrected chi connectivity index (χ4v) is 4.46. The molecule has 148 valence electrons. The summed E-state index contributed by atoms with van der Waals surface area (Å²) in [7, 11) is -2.46. The van der Waals surface area contributed by atoms with Crippen LogP contribution in [0, 0.1) is 0 Å². The van der Waals surface area contributed by atoms with Crippen LogP contribution in [0.3, 0.4) is 0 Å². The Morgan fingerprint density at radius 3 is 2.74 bits per heavy atom. The average Bonchev–Trinajstić information content (AvgIpc) is 3.44. The Morgan fingerprint density at radius 2 is 2.11 bits per heavy atom. The first-order chi connectivity index (χ1) is 12.8. The highest BCUT2D eigenvalue weighted by atomic mass is 32.2. The first-order valence-corrected chi connectivity index (χ1v) is 10.1. The monoisotopic (exact) mass is 398 g/mol. The van der Waals surface area contributed by atoms with Crippen LogP contribution in [-0.2, 0) is 19.6 Å². The molecule has 0 spiro atoms. The molecule has 1 aliphatic carbocycles. The van der Waals surface area contributed by atoms with Gasteiger partial charge in [0.25, 0.3) is 5.91 Å². The number of amides is 1. The van der Waals surface area contributed by atoms with Crippen molar-refractivity contribution in [3.05, 3.63) is 23.8 Å². The molecule has 0 radical (unpaired) electrons. The molecule has 1 unspecified atom stereocenters. The first kappa shape index (κ1) is 19.6. The van der Waals surface area contributed by atoms with Crippen molar-refractivity contribution < 1.29 is 32.6 Å². The maximum Gasteiger partial charge on any atom is 0.305 e. The van der Waals surface area contributed by atoms with Crippen LogP contribution >= 0.6 is 0 Å². The quantitative estimate of drug-likeness (QED) is 0.684. The van der Waals surface area contributed by atoms with Crippen LogP contribution in [0.4, 0.5) is 0 Å². The van der Waals surface area contributed by atoms with Crippen LogP contribution in [0.1, 0.15) is 29.6 Å². The molecule has 1 heterocycles. The molecule has 9 nitrogen and oxygen atoms in total. The third-order valence-electron chi connectivity index (χ3n) is 4.50. The molecule has 1 aliphatic heterocycles. The number of nitrogens with one attached hydrogen (secondary N) is 1. The van der Waals surface area contributed by atoms with Crippen LogP contribution in [0.15, 0.2) is 23.1 Å². The molecule has 2 fully saturated rings. The van der Waals surface area contributed by atoms with Crippen molar-refractivity contribution in [1.29, 1.82) is 0 Å². The number of benzene rings is 1. The van der Waals surface area contributed by atoms with Gasteiger partial charge in [0.2, 0.25) is 10.0 Å². The fraction of sp³-hybridized carbons (Fsp3) is 0.529. The Balaban J connectivity index is 1.90. The molecule has 10 heteroatoms. The predicted molar refractivity (Wildman–Crippen MR) is 94.2 cm³/mol. The highest BCUT2D eigenvalue weighted by molar-refractivity contribution is 7.89. The Labute approximate surface area is 157 Å². The van der Waals surface area contributed by atoms with Crippen LogP contribution < -0.4 is 9.46 Å². The minimum absolute atomic E-state index is 0.0849. The van der Waals surface area contributed by atoms with Gasteiger partial charge >= 0.3 is 5.97 Å². The van der Waals surface area contributed by atoms with E-state index in [1.54, 1.807) is 0 Å². The summed E-state index contributed by atoms with van der Waals surface area (Å²) >= 11 is 0. The van der Waals surface area contributed by atoms with Gasteiger partial charge in [0, 0.05) is 18.2 Å². The van der Waals surface area contributed by atoms with Gasteiger partial charge in [-0.2, -0.15) is 0 Å². The number of ether oxygens (including phenoxy) is 2. The van der Waals surface area contributed by atoms with E-state index in [0.29, 0.717) is 6.61 Å². The van der Waals surface area contributed by atoms with Crippen molar-refractivity contribution in [2.75, 3.05) is 26.9 Å². The topological polar surface area (TPSA) is 122 Å². The van der Waals surface area contributed by atoms with Crippen molar-refractivity contribution in [3.8, 4) is 5.75 Å². The molecule has 27 heavy (non-hydrogen) atoms. The zero-order chi connectivity index (χ0) is 19.6. The van der Waals surface area contributed by atoms with E-state index in [0.717, 1.165) is 12.8 Å². The van der Waals surface area contributed by atoms with Gasteiger partial charge < -0.3 is 19.5 Å². The number of carbonyl (C=O) groups is 2. The second-order valence-electron chi connectivity index (χ2n) is 6.59. The highest BCUT2D eigenvalue weighted by Crippen LogP contribution is 2.29. The molecule has 0 aromatic heterocycles. The summed E-state index contributed by atoms with van der Waals surface area (Å²) in [5.41, 5.74) is 0.157. The van der Waals surface area contributed by atoms with Gasteiger partial charge in [0.15, 0.2) is 0 Å². The van der Waals surface area contributed by atoms with Crippen LogP contribution in [-0.4, -0.2) is 69.3 Å². The number of aliphatic carboxylic acids is 1. The lowest BCUT2D eigenvalue weighted by molar-refractivity contribution is -0.139. The van der Waals surface area contributed by atoms with Gasteiger partial charge in [0.05, 0.1) is 32.8 Å². The summed E-state index contributed by atoms with van der Waals surface area (Å²) in [4.78, 5) is 25.3. The number of carboxylic acids is 1. The van der Waals surface area contributed by atoms with E-state index in [4.69, 9.17) is 14.6 Å². The number of nitrogens with zero attached hydrogens (tertiary/aromatic N) is 1. The first-order valence-electron chi connectivity index (χ1n) is 8.62. The molecular weight excluding hydrogens is 376 g/mol. The molecule has 0 bridgehead atoms. The molecule has 1 saturated heterocycles. The summed E-state index contributed by atoms with van der Waals surface area (Å²) in [6, 6.07) is 3.50. The van der Waals surface area contributed by atoms with E-state index in [2.05, 4.69) is 4.72 Å². The van der Waals surface area contributed by atoms with Crippen molar-refractivity contribution >= 4 is 21.9 Å². The average molecular weight is 398 g/mol. The van der Waals surface area contributed by atoms with Crippen molar-refractivity contribution in [2.45, 2.75) is 36.2 Å². The third-order valence-corrected chi connectivity index (χ3v) is 6.04. The number of morpholine rings is 1. The summed E-state index contributed by atoms with van der Waals surface area (Å²) in [5.74, 6) is -1.33. The summed E-state index contributed by atoms with van der Waals surface area (Å²) in [6.07, 6.45) is 1.33. The maximum absolute atomic E-state index is 12.9. The lowest BCUT2D eigenvalue weighted by atomic mass is 10.1. The van der Waals surface area contributed by atoms with Crippen LogP contribution in [0.5, 0.6) is 5.75 Å². The van der Waals surface area contributed by atoms with Crippen LogP contribution in [0.2, 0.25) is 0 Å². The van der Waals surface area contributed by atoms with E-state index in [-0.39, 0.29) is 41.8 Å². The van der Waals surface area contributed by atoms with Crippen molar-refractivity contribution in [1.82, 2.24) is 9.62 Å². The van der Waals surface area contributed by atoms with E-state index in [9.17, 15) is 18.0 Å². The summed E-state index contributed by atoms with van der Waals surface area (Å²) in [5, 5.41) is 9.05. The number of sulfonamides is 1. The maximum atomic E-state index is 12.9. The number of rotatable bonds is 7. The van der Waals surface area contributed by atoms with Crippen molar-refractivity contribution in [2.24, 2.45) is 0 Å². The number of methoxy groups -OCH3 is 1. The minimum atomic E-state index is -3.82. The lowest BCUT2D eigenvalue weighted by Crippen LogP contribution is -2.49. The lowest BCUT2D eigenvalue weighted by Gasteiger charge is -2.35. The van der Waals surface area contributed by atoms with E-state index >= 15 is 0 Å². The van der Waals surface area contributed by atoms with Gasteiger partial charge in [-0.3, -0.25) is 9.59 Å². The Bertz CT molecular complexity index is 836. The zero-order valence-corrected chi connectivity index (χ0v) is 15.7. The van der Waals surface area contributed by atoms with E-state index < -0.39 is 27.9 Å². The zero-order valence-electron chi connectivity index (χ0n) is 14.9. The van der Waals surface area contributed by atoms with Gasteiger partial charge in [-0.1, -0.05) is 0 Å². The largest absolute Gasteiger partial charge is 0.495 e. The van der Waals surface area contributed by atoms with Crippen molar-refractivity contribution in [3.63, 3.8) is 0 Å². The smallest absolute Gasteiger partial charge is 0.305 e. The molecule has 1 saturated carbocycles. The number of hydrogen-bond acceptors (Lipinski definition) is 6. The highest BCUT2D eigenvalue weighted by Gasteiger charge is 2.33. The van der Waals surface area contributed by atoms with Gasteiger partial charge in [0.1, 0.15) is 10.6 Å². The second-order valence-corrected chi connectivity index (χ2v) is 8.27. The number of carbonyl (C=O) groups excluding carboxylic acids is 1. The molecule has 1 amide bonds. The molecule has 1 atom stereocenters. The predicted octanol–water partition coefficient (Wildman–Crippen LogP) is 0.452. The number of hydrogen-bond donors (Lipinski definition) is 2. The Kier molecular flexibility index (Phi) is 5.68. The molecule has 1 aromatic carbocycles. The summed E-state index contributed by atoms with van der Waals surface area (Å²) in [6.45, 7) is 0.667. The Hall–Kier alpha value is -2.17. The van der Waals surface area contributed by atoms with E-state index in [1.165, 1.54) is 30.2 Å². The minimum Gasteiger partial charge on any atom is -0.495 e. The molecular formula is C17H22N2O7S. The number of carboxylic acid groups (broad SMARTS) is 1. The van der Waals surface area contributed by atoms with E-state index in [1.807, 2.05) is 0 Å². The Morgan fingerprint density at radius 1 is 1.37 bits per heavy atom. The van der Waals surface area contributed by atoms with Gasteiger partial charge in [-0.05, 0) is 31.0 Å².